The molecule has 2 rings (SSSR count). The number of methoxy groups -OCH3 is 1. The van der Waals surface area contributed by atoms with Gasteiger partial charge in [0.2, 0.25) is 0 Å². The van der Waals surface area contributed by atoms with Crippen molar-refractivity contribution in [3.8, 4) is 5.75 Å². The smallest absolute Gasteiger partial charge is 0.122 e. The van der Waals surface area contributed by atoms with Crippen LogP contribution in [0, 0.1) is 0 Å². The van der Waals surface area contributed by atoms with Crippen LogP contribution >= 0.6 is 15.9 Å². The Morgan fingerprint density at radius 2 is 2.23 bits per heavy atom. The first kappa shape index (κ1) is 9.03. The largest absolute Gasteiger partial charge is 0.496 e. The van der Waals surface area contributed by atoms with E-state index in [1.807, 2.05) is 12.1 Å². The number of nitrogens with one attached hydrogen (secondary N) is 1. The first-order valence-electron chi connectivity index (χ1n) is 4.38. The topological polar surface area (TPSA) is 21.3 Å². The highest BCUT2D eigenvalue weighted by atomic mass is 79.9. The zero-order chi connectivity index (χ0) is 9.26. The molecule has 2 nitrogen and oxygen atoms in total. The van der Waals surface area contributed by atoms with E-state index in [1.165, 1.54) is 15.6 Å². The summed E-state index contributed by atoms with van der Waals surface area (Å²) in [6.45, 7) is 1.98. The maximum atomic E-state index is 5.32. The highest BCUT2D eigenvalue weighted by Crippen LogP contribution is 2.30. The molecule has 0 saturated carbocycles. The van der Waals surface area contributed by atoms with Gasteiger partial charge < -0.3 is 10.1 Å². The van der Waals surface area contributed by atoms with Gasteiger partial charge in [0, 0.05) is 16.6 Å². The Kier molecular flexibility index (Phi) is 2.56. The van der Waals surface area contributed by atoms with Gasteiger partial charge in [-0.2, -0.15) is 0 Å². The number of ether oxygens (including phenoxy) is 1. The summed E-state index contributed by atoms with van der Waals surface area (Å²) in [5.41, 5.74) is 2.68. The zero-order valence-electron chi connectivity index (χ0n) is 7.56. The maximum absolute atomic E-state index is 5.32. The van der Waals surface area contributed by atoms with Crippen LogP contribution in [0.2, 0.25) is 0 Å². The van der Waals surface area contributed by atoms with E-state index in [0.717, 1.165) is 25.3 Å². The van der Waals surface area contributed by atoms with E-state index >= 15 is 0 Å². The molecule has 70 valence electrons. The van der Waals surface area contributed by atoms with Gasteiger partial charge >= 0.3 is 0 Å². The number of hydrogen-bond acceptors (Lipinski definition) is 2. The molecule has 1 aliphatic heterocycles. The Labute approximate surface area is 86.4 Å². The minimum Gasteiger partial charge on any atom is -0.496 e. The third-order valence-electron chi connectivity index (χ3n) is 2.40. The minimum atomic E-state index is 0.938. The highest BCUT2D eigenvalue weighted by Gasteiger charge is 2.15. The molecule has 1 heterocycles. The summed E-state index contributed by atoms with van der Waals surface area (Å²) in [6, 6.07) is 4.07. The quantitative estimate of drug-likeness (QED) is 0.814. The Morgan fingerprint density at radius 3 is 3.00 bits per heavy atom. The normalized spacial score (nSPS) is 15.2. The lowest BCUT2D eigenvalue weighted by molar-refractivity contribution is 0.405. The molecule has 0 spiro atoms. The molecule has 0 atom stereocenters. The molecule has 0 radical (unpaired) electrons. The molecule has 0 amide bonds. The molecule has 0 fully saturated rings. The molecular formula is C10H12BrNO. The number of rotatable bonds is 1. The van der Waals surface area contributed by atoms with Crippen molar-refractivity contribution in [1.29, 1.82) is 0 Å². The Hall–Kier alpha value is -0.540. The minimum absolute atomic E-state index is 0.938. The average molecular weight is 242 g/mol. The first-order chi connectivity index (χ1) is 6.33. The average Bonchev–Trinajstić information content (AvgIpc) is 2.19. The number of halogens is 1. The van der Waals surface area contributed by atoms with Gasteiger partial charge in [0.05, 0.1) is 7.11 Å². The van der Waals surface area contributed by atoms with Crippen molar-refractivity contribution in [2.24, 2.45) is 0 Å². The first-order valence-corrected chi connectivity index (χ1v) is 5.17. The maximum Gasteiger partial charge on any atom is 0.122 e. The van der Waals surface area contributed by atoms with Crippen LogP contribution in [0.4, 0.5) is 0 Å². The van der Waals surface area contributed by atoms with Crippen LogP contribution in [0.15, 0.2) is 16.6 Å². The Bertz CT molecular complexity index is 325. The van der Waals surface area contributed by atoms with Gasteiger partial charge in [-0.05, 0) is 30.7 Å². The third kappa shape index (κ3) is 1.58. The van der Waals surface area contributed by atoms with E-state index in [-0.39, 0.29) is 0 Å². The lowest BCUT2D eigenvalue weighted by Crippen LogP contribution is -2.24. The van der Waals surface area contributed by atoms with Gasteiger partial charge in [-0.3, -0.25) is 0 Å². The van der Waals surface area contributed by atoms with Crippen LogP contribution in [0.1, 0.15) is 11.1 Å². The van der Waals surface area contributed by atoms with Gasteiger partial charge in [-0.25, -0.2) is 0 Å². The predicted octanol–water partition coefficient (Wildman–Crippen LogP) is 2.10. The van der Waals surface area contributed by atoms with Crippen LogP contribution in [0.3, 0.4) is 0 Å². The van der Waals surface area contributed by atoms with Crippen LogP contribution < -0.4 is 10.1 Å². The fourth-order valence-corrected chi connectivity index (χ4v) is 2.24. The fraction of sp³-hybridized carbons (Fsp3) is 0.400. The van der Waals surface area contributed by atoms with Gasteiger partial charge in [0.25, 0.3) is 0 Å². The van der Waals surface area contributed by atoms with Crippen LogP contribution in [-0.2, 0) is 13.0 Å². The second-order valence-electron chi connectivity index (χ2n) is 3.13. The van der Waals surface area contributed by atoms with Gasteiger partial charge in [0.15, 0.2) is 0 Å². The zero-order valence-corrected chi connectivity index (χ0v) is 9.15. The summed E-state index contributed by atoms with van der Waals surface area (Å²) >= 11 is 3.55. The SMILES string of the molecule is COc1ccc(Br)c2c1CCNC2. The molecule has 1 aromatic carbocycles. The standard InChI is InChI=1S/C10H12BrNO/c1-13-10-3-2-9(11)8-6-12-5-4-7(8)10/h2-3,12H,4-6H2,1H3. The van der Waals surface area contributed by atoms with Gasteiger partial charge in [-0.1, -0.05) is 15.9 Å². The molecular weight excluding hydrogens is 230 g/mol. The number of benzene rings is 1. The summed E-state index contributed by atoms with van der Waals surface area (Å²) in [6.07, 6.45) is 1.05. The molecule has 1 aromatic rings. The molecule has 1 aliphatic rings. The van der Waals surface area contributed by atoms with E-state index in [9.17, 15) is 0 Å². The van der Waals surface area contributed by atoms with Gasteiger partial charge in [-0.15, -0.1) is 0 Å². The van der Waals surface area contributed by atoms with Crippen molar-refractivity contribution in [3.05, 3.63) is 27.7 Å². The lowest BCUT2D eigenvalue weighted by Gasteiger charge is -2.20. The number of fused-ring (bicyclic) bond motifs is 1. The summed E-state index contributed by atoms with van der Waals surface area (Å²) < 4.78 is 6.50. The molecule has 1 N–H and O–H groups in total. The molecule has 13 heavy (non-hydrogen) atoms. The summed E-state index contributed by atoms with van der Waals surface area (Å²) in [5.74, 6) is 1.01. The summed E-state index contributed by atoms with van der Waals surface area (Å²) in [4.78, 5) is 0. The molecule has 0 aliphatic carbocycles. The van der Waals surface area contributed by atoms with Crippen molar-refractivity contribution in [2.45, 2.75) is 13.0 Å². The van der Waals surface area contributed by atoms with Gasteiger partial charge in [0.1, 0.15) is 5.75 Å². The second-order valence-corrected chi connectivity index (χ2v) is 3.99. The fourth-order valence-electron chi connectivity index (χ4n) is 1.73. The Balaban J connectivity index is 2.52. The molecule has 0 saturated heterocycles. The van der Waals surface area contributed by atoms with Crippen molar-refractivity contribution < 1.29 is 4.74 Å². The summed E-state index contributed by atoms with van der Waals surface area (Å²) in [5, 5.41) is 3.35. The Morgan fingerprint density at radius 1 is 1.38 bits per heavy atom. The molecule has 3 heteroatoms. The summed E-state index contributed by atoms with van der Waals surface area (Å²) in [7, 11) is 1.73. The van der Waals surface area contributed by atoms with E-state index in [0.29, 0.717) is 0 Å². The molecule has 0 aromatic heterocycles. The van der Waals surface area contributed by atoms with Crippen molar-refractivity contribution in [2.75, 3.05) is 13.7 Å². The second kappa shape index (κ2) is 3.68. The highest BCUT2D eigenvalue weighted by molar-refractivity contribution is 9.10. The van der Waals surface area contributed by atoms with E-state index in [4.69, 9.17) is 4.74 Å². The van der Waals surface area contributed by atoms with Crippen molar-refractivity contribution >= 4 is 15.9 Å². The third-order valence-corrected chi connectivity index (χ3v) is 3.15. The monoisotopic (exact) mass is 241 g/mol. The van der Waals surface area contributed by atoms with Crippen LogP contribution in [-0.4, -0.2) is 13.7 Å². The van der Waals surface area contributed by atoms with E-state index in [2.05, 4.69) is 21.2 Å². The molecule has 0 unspecified atom stereocenters. The van der Waals surface area contributed by atoms with E-state index < -0.39 is 0 Å². The number of hydrogen-bond donors (Lipinski definition) is 1. The lowest BCUT2D eigenvalue weighted by atomic mass is 10.0. The van der Waals surface area contributed by atoms with Crippen molar-refractivity contribution in [3.63, 3.8) is 0 Å². The van der Waals surface area contributed by atoms with Crippen LogP contribution in [0.5, 0.6) is 5.75 Å². The predicted molar refractivity (Wildman–Crippen MR) is 56.1 cm³/mol. The van der Waals surface area contributed by atoms with E-state index in [1.54, 1.807) is 7.11 Å². The molecule has 0 bridgehead atoms. The van der Waals surface area contributed by atoms with Crippen LogP contribution in [0.25, 0.3) is 0 Å². The van der Waals surface area contributed by atoms with Crippen molar-refractivity contribution in [1.82, 2.24) is 5.32 Å².